The molecule has 0 spiro atoms. The highest BCUT2D eigenvalue weighted by Gasteiger charge is 2.29. The van der Waals surface area contributed by atoms with Gasteiger partial charge in [0.05, 0.1) is 6.54 Å². The lowest BCUT2D eigenvalue weighted by Crippen LogP contribution is -2.28. The van der Waals surface area contributed by atoms with Crippen LogP contribution in [-0.2, 0) is 13.6 Å². The molecule has 5 heteroatoms. The van der Waals surface area contributed by atoms with Gasteiger partial charge in [-0.3, -0.25) is 4.68 Å². The molecule has 3 rings (SSSR count). The monoisotopic (exact) mass is 318 g/mol. The Morgan fingerprint density at radius 1 is 1.36 bits per heavy atom. The zero-order valence-corrected chi connectivity index (χ0v) is 14.6. The lowest BCUT2D eigenvalue weighted by molar-refractivity contribution is 0.339. The van der Waals surface area contributed by atoms with Gasteiger partial charge in [0, 0.05) is 23.9 Å². The normalized spacial score (nSPS) is 16.4. The zero-order valence-electron chi connectivity index (χ0n) is 13.7. The molecule has 120 valence electrons. The van der Waals surface area contributed by atoms with Crippen LogP contribution in [0.3, 0.4) is 0 Å². The molecule has 1 atom stereocenters. The summed E-state index contributed by atoms with van der Waals surface area (Å²) in [7, 11) is 2.01. The minimum atomic E-state index is 0.413. The van der Waals surface area contributed by atoms with Gasteiger partial charge in [0.2, 0.25) is 0 Å². The van der Waals surface area contributed by atoms with E-state index >= 15 is 0 Å². The molecule has 1 aliphatic carbocycles. The van der Waals surface area contributed by atoms with Crippen LogP contribution in [0.1, 0.15) is 68.0 Å². The van der Waals surface area contributed by atoms with Crippen LogP contribution >= 0.6 is 11.3 Å². The number of nitrogens with zero attached hydrogens (tertiary/aromatic N) is 3. The van der Waals surface area contributed by atoms with Crippen LogP contribution in [0, 0.1) is 5.92 Å². The van der Waals surface area contributed by atoms with Gasteiger partial charge in [-0.15, -0.1) is 11.3 Å². The standard InChI is InChI=1S/C17H26N4S/c1-4-12(5-2)16(14-7-6-10-22-14)18-11-15-19-17(13-8-9-13)20-21(15)3/h6-7,10,12-13,16,18H,4-5,8-9,11H2,1-3H3. The maximum absolute atomic E-state index is 4.73. The molecular weight excluding hydrogens is 292 g/mol. The molecule has 1 unspecified atom stereocenters. The van der Waals surface area contributed by atoms with Crippen LogP contribution in [0.2, 0.25) is 0 Å². The molecule has 0 aliphatic heterocycles. The Balaban J connectivity index is 1.70. The minimum absolute atomic E-state index is 0.413. The third-order valence-electron chi connectivity index (χ3n) is 4.66. The number of rotatable bonds is 8. The van der Waals surface area contributed by atoms with Crippen molar-refractivity contribution in [1.29, 1.82) is 0 Å². The fourth-order valence-electron chi connectivity index (χ4n) is 3.04. The van der Waals surface area contributed by atoms with E-state index in [4.69, 9.17) is 4.98 Å². The topological polar surface area (TPSA) is 42.7 Å². The molecule has 2 aromatic heterocycles. The van der Waals surface area contributed by atoms with Gasteiger partial charge in [0.15, 0.2) is 5.82 Å². The van der Waals surface area contributed by atoms with Crippen LogP contribution in [-0.4, -0.2) is 14.8 Å². The van der Waals surface area contributed by atoms with Gasteiger partial charge >= 0.3 is 0 Å². The molecule has 1 N–H and O–H groups in total. The molecule has 0 radical (unpaired) electrons. The highest BCUT2D eigenvalue weighted by atomic mass is 32.1. The van der Waals surface area contributed by atoms with E-state index in [2.05, 4.69) is 41.8 Å². The summed E-state index contributed by atoms with van der Waals surface area (Å²) in [5.41, 5.74) is 0. The maximum atomic E-state index is 4.73. The number of thiophene rings is 1. The van der Waals surface area contributed by atoms with E-state index in [0.717, 1.165) is 18.2 Å². The predicted molar refractivity (Wildman–Crippen MR) is 90.9 cm³/mol. The molecule has 0 aromatic carbocycles. The number of nitrogens with one attached hydrogen (secondary N) is 1. The van der Waals surface area contributed by atoms with Crippen molar-refractivity contribution in [3.63, 3.8) is 0 Å². The SMILES string of the molecule is CCC(CC)C(NCc1nc(C2CC2)nn1C)c1cccs1. The molecule has 4 nitrogen and oxygen atoms in total. The van der Waals surface area contributed by atoms with E-state index in [9.17, 15) is 0 Å². The number of aromatic nitrogens is 3. The van der Waals surface area contributed by atoms with Crippen LogP contribution in [0.25, 0.3) is 0 Å². The van der Waals surface area contributed by atoms with Gasteiger partial charge in [-0.05, 0) is 30.2 Å². The van der Waals surface area contributed by atoms with Crippen molar-refractivity contribution in [1.82, 2.24) is 20.1 Å². The van der Waals surface area contributed by atoms with Gasteiger partial charge in [0.25, 0.3) is 0 Å². The first kappa shape index (κ1) is 15.7. The highest BCUT2D eigenvalue weighted by Crippen LogP contribution is 2.38. The summed E-state index contributed by atoms with van der Waals surface area (Å²) in [6.07, 6.45) is 4.89. The number of aryl methyl sites for hydroxylation is 1. The summed E-state index contributed by atoms with van der Waals surface area (Å²) in [6.45, 7) is 5.35. The van der Waals surface area contributed by atoms with Crippen molar-refractivity contribution in [2.75, 3.05) is 0 Å². The van der Waals surface area contributed by atoms with Gasteiger partial charge in [-0.1, -0.05) is 32.8 Å². The Labute approximate surface area is 137 Å². The molecule has 1 aliphatic rings. The van der Waals surface area contributed by atoms with Crippen LogP contribution in [0.15, 0.2) is 17.5 Å². The molecule has 0 bridgehead atoms. The average molecular weight is 318 g/mol. The van der Waals surface area contributed by atoms with Gasteiger partial charge in [0.1, 0.15) is 5.82 Å². The average Bonchev–Trinajstić information content (AvgIpc) is 3.10. The first-order chi connectivity index (χ1) is 10.7. The van der Waals surface area contributed by atoms with Crippen molar-refractivity contribution in [3.8, 4) is 0 Å². The maximum Gasteiger partial charge on any atom is 0.154 e. The Morgan fingerprint density at radius 3 is 2.73 bits per heavy atom. The summed E-state index contributed by atoms with van der Waals surface area (Å²) < 4.78 is 1.94. The summed E-state index contributed by atoms with van der Waals surface area (Å²) >= 11 is 1.84. The van der Waals surface area contributed by atoms with Crippen molar-refractivity contribution in [3.05, 3.63) is 34.0 Å². The molecule has 1 fully saturated rings. The third-order valence-corrected chi connectivity index (χ3v) is 5.62. The van der Waals surface area contributed by atoms with Gasteiger partial charge in [-0.2, -0.15) is 5.10 Å². The van der Waals surface area contributed by atoms with Crippen LogP contribution < -0.4 is 5.32 Å². The second-order valence-electron chi connectivity index (χ2n) is 6.23. The smallest absolute Gasteiger partial charge is 0.154 e. The second-order valence-corrected chi connectivity index (χ2v) is 7.21. The zero-order chi connectivity index (χ0) is 15.5. The van der Waals surface area contributed by atoms with E-state index < -0.39 is 0 Å². The van der Waals surface area contributed by atoms with Crippen molar-refractivity contribution < 1.29 is 0 Å². The number of hydrogen-bond acceptors (Lipinski definition) is 4. The van der Waals surface area contributed by atoms with E-state index in [1.807, 2.05) is 23.1 Å². The van der Waals surface area contributed by atoms with Crippen molar-refractivity contribution >= 4 is 11.3 Å². The van der Waals surface area contributed by atoms with Crippen LogP contribution in [0.4, 0.5) is 0 Å². The van der Waals surface area contributed by atoms with E-state index in [-0.39, 0.29) is 0 Å². The Hall–Kier alpha value is -1.20. The van der Waals surface area contributed by atoms with E-state index in [1.165, 1.54) is 30.6 Å². The lowest BCUT2D eigenvalue weighted by atomic mass is 9.93. The van der Waals surface area contributed by atoms with Crippen molar-refractivity contribution in [2.45, 2.75) is 58.0 Å². The fraction of sp³-hybridized carbons (Fsp3) is 0.647. The summed E-state index contributed by atoms with van der Waals surface area (Å²) in [6, 6.07) is 4.80. The molecule has 0 amide bonds. The largest absolute Gasteiger partial charge is 0.302 e. The first-order valence-corrected chi connectivity index (χ1v) is 9.27. The fourth-order valence-corrected chi connectivity index (χ4v) is 3.93. The van der Waals surface area contributed by atoms with Gasteiger partial charge < -0.3 is 5.32 Å². The highest BCUT2D eigenvalue weighted by molar-refractivity contribution is 7.10. The quantitative estimate of drug-likeness (QED) is 0.799. The Kier molecular flexibility index (Phi) is 4.93. The number of hydrogen-bond donors (Lipinski definition) is 1. The van der Waals surface area contributed by atoms with Crippen molar-refractivity contribution in [2.24, 2.45) is 13.0 Å². The predicted octanol–water partition coefficient (Wildman–Crippen LogP) is 4.02. The molecule has 2 aromatic rings. The van der Waals surface area contributed by atoms with Gasteiger partial charge in [-0.25, -0.2) is 4.98 Å². The summed E-state index contributed by atoms with van der Waals surface area (Å²) in [5, 5.41) is 10.5. The Morgan fingerprint density at radius 2 is 2.14 bits per heavy atom. The second kappa shape index (κ2) is 6.92. The minimum Gasteiger partial charge on any atom is -0.302 e. The van der Waals surface area contributed by atoms with E-state index in [0.29, 0.717) is 17.9 Å². The molecule has 2 heterocycles. The Bertz CT molecular complexity index is 582. The molecular formula is C17H26N4S. The molecule has 0 saturated heterocycles. The van der Waals surface area contributed by atoms with E-state index in [1.54, 1.807) is 0 Å². The molecule has 22 heavy (non-hydrogen) atoms. The lowest BCUT2D eigenvalue weighted by Gasteiger charge is -2.25. The first-order valence-electron chi connectivity index (χ1n) is 8.39. The van der Waals surface area contributed by atoms with Crippen LogP contribution in [0.5, 0.6) is 0 Å². The summed E-state index contributed by atoms with van der Waals surface area (Å²) in [4.78, 5) is 6.16. The summed E-state index contributed by atoms with van der Waals surface area (Å²) in [5.74, 6) is 3.37. The third kappa shape index (κ3) is 3.41. The molecule has 1 saturated carbocycles.